The fraction of sp³-hybridized carbons (Fsp3) is 0.500. The molecule has 0 atom stereocenters. The van der Waals surface area contributed by atoms with Gasteiger partial charge in [0.25, 0.3) is 10.0 Å². The van der Waals surface area contributed by atoms with Crippen molar-refractivity contribution in [3.63, 3.8) is 0 Å². The first-order valence-corrected chi connectivity index (χ1v) is 6.74. The molecule has 0 bridgehead atoms. The van der Waals surface area contributed by atoms with Crippen LogP contribution in [-0.4, -0.2) is 38.1 Å². The van der Waals surface area contributed by atoms with Crippen LogP contribution < -0.4 is 4.72 Å². The SMILES string of the molecule is C=CCCOCCNS(=O)(=O)c1cnc(C)[nH]1. The normalized spacial score (nSPS) is 11.6. The van der Waals surface area contributed by atoms with E-state index >= 15 is 0 Å². The van der Waals surface area contributed by atoms with Crippen molar-refractivity contribution in [1.29, 1.82) is 0 Å². The number of H-pyrrole nitrogens is 1. The van der Waals surface area contributed by atoms with Crippen LogP contribution >= 0.6 is 0 Å². The molecule has 17 heavy (non-hydrogen) atoms. The molecule has 96 valence electrons. The Morgan fingerprint density at radius 1 is 1.59 bits per heavy atom. The van der Waals surface area contributed by atoms with Crippen molar-refractivity contribution in [2.75, 3.05) is 19.8 Å². The van der Waals surface area contributed by atoms with E-state index in [-0.39, 0.29) is 11.6 Å². The first kappa shape index (κ1) is 13.9. The van der Waals surface area contributed by atoms with Crippen LogP contribution in [0.25, 0.3) is 0 Å². The Balaban J connectivity index is 2.33. The van der Waals surface area contributed by atoms with Crippen molar-refractivity contribution in [2.24, 2.45) is 0 Å². The molecule has 2 N–H and O–H groups in total. The Kier molecular flexibility index (Phi) is 5.33. The molecule has 0 aromatic carbocycles. The summed E-state index contributed by atoms with van der Waals surface area (Å²) in [5, 5.41) is 0.0705. The van der Waals surface area contributed by atoms with Crippen LogP contribution in [0.3, 0.4) is 0 Å². The van der Waals surface area contributed by atoms with Crippen LogP contribution in [0.2, 0.25) is 0 Å². The van der Waals surface area contributed by atoms with Crippen LogP contribution in [0.15, 0.2) is 23.9 Å². The highest BCUT2D eigenvalue weighted by Crippen LogP contribution is 2.03. The molecule has 0 saturated carbocycles. The lowest BCUT2D eigenvalue weighted by molar-refractivity contribution is 0.144. The van der Waals surface area contributed by atoms with Gasteiger partial charge in [-0.2, -0.15) is 0 Å². The molecule has 7 heteroatoms. The van der Waals surface area contributed by atoms with Crippen molar-refractivity contribution in [1.82, 2.24) is 14.7 Å². The van der Waals surface area contributed by atoms with Gasteiger partial charge in [0.2, 0.25) is 0 Å². The smallest absolute Gasteiger partial charge is 0.257 e. The van der Waals surface area contributed by atoms with Crippen LogP contribution in [-0.2, 0) is 14.8 Å². The van der Waals surface area contributed by atoms with E-state index in [9.17, 15) is 8.42 Å². The highest BCUT2D eigenvalue weighted by Gasteiger charge is 2.15. The standard InChI is InChI=1S/C10H17N3O3S/c1-3-4-6-16-7-5-12-17(14,15)10-8-11-9(2)13-10/h3,8,12H,1,4-7H2,2H3,(H,11,13). The van der Waals surface area contributed by atoms with Crippen molar-refractivity contribution in [3.05, 3.63) is 24.7 Å². The Bertz CT molecular complexity index is 453. The van der Waals surface area contributed by atoms with Crippen LogP contribution in [0.4, 0.5) is 0 Å². The van der Waals surface area contributed by atoms with E-state index in [4.69, 9.17) is 4.74 Å². The van der Waals surface area contributed by atoms with Gasteiger partial charge in [0.15, 0.2) is 5.03 Å². The lowest BCUT2D eigenvalue weighted by Crippen LogP contribution is -2.27. The Morgan fingerprint density at radius 2 is 2.35 bits per heavy atom. The molecule has 0 unspecified atom stereocenters. The van der Waals surface area contributed by atoms with Crippen molar-refractivity contribution < 1.29 is 13.2 Å². The van der Waals surface area contributed by atoms with Crippen molar-refractivity contribution >= 4 is 10.0 Å². The summed E-state index contributed by atoms with van der Waals surface area (Å²) in [7, 11) is -3.50. The van der Waals surface area contributed by atoms with E-state index < -0.39 is 10.0 Å². The van der Waals surface area contributed by atoms with Gasteiger partial charge in [0, 0.05) is 6.54 Å². The number of aromatic nitrogens is 2. The second-order valence-corrected chi connectivity index (χ2v) is 5.16. The van der Waals surface area contributed by atoms with E-state index in [1.54, 1.807) is 13.0 Å². The average Bonchev–Trinajstić information content (AvgIpc) is 2.71. The highest BCUT2D eigenvalue weighted by atomic mass is 32.2. The van der Waals surface area contributed by atoms with Gasteiger partial charge < -0.3 is 9.72 Å². The molecule has 1 aromatic rings. The van der Waals surface area contributed by atoms with E-state index in [1.165, 1.54) is 6.20 Å². The predicted molar refractivity (Wildman–Crippen MR) is 64.1 cm³/mol. The van der Waals surface area contributed by atoms with Gasteiger partial charge in [-0.25, -0.2) is 18.1 Å². The van der Waals surface area contributed by atoms with Crippen LogP contribution in [0.1, 0.15) is 12.2 Å². The van der Waals surface area contributed by atoms with Gasteiger partial charge in [-0.15, -0.1) is 6.58 Å². The molecule has 0 spiro atoms. The number of hydrogen-bond acceptors (Lipinski definition) is 4. The zero-order valence-electron chi connectivity index (χ0n) is 9.77. The Morgan fingerprint density at radius 3 is 2.94 bits per heavy atom. The number of nitrogens with one attached hydrogen (secondary N) is 2. The third-order valence-corrected chi connectivity index (χ3v) is 3.34. The summed E-state index contributed by atoms with van der Waals surface area (Å²) in [6.07, 6.45) is 3.79. The van der Waals surface area contributed by atoms with Gasteiger partial charge in [-0.05, 0) is 13.3 Å². The average molecular weight is 259 g/mol. The lowest BCUT2D eigenvalue weighted by Gasteiger charge is -2.05. The number of sulfonamides is 1. The monoisotopic (exact) mass is 259 g/mol. The minimum absolute atomic E-state index is 0.0705. The van der Waals surface area contributed by atoms with Gasteiger partial charge >= 0.3 is 0 Å². The third kappa shape index (κ3) is 4.68. The summed E-state index contributed by atoms with van der Waals surface area (Å²) in [6, 6.07) is 0. The van der Waals surface area contributed by atoms with Crippen molar-refractivity contribution in [3.8, 4) is 0 Å². The predicted octanol–water partition coefficient (Wildman–Crippen LogP) is 0.589. The summed E-state index contributed by atoms with van der Waals surface area (Å²) >= 11 is 0. The summed E-state index contributed by atoms with van der Waals surface area (Å²) < 4.78 is 31.0. The van der Waals surface area contributed by atoms with Gasteiger partial charge in [0.05, 0.1) is 19.4 Å². The van der Waals surface area contributed by atoms with Gasteiger partial charge in [0.1, 0.15) is 5.82 Å². The molecule has 0 aliphatic carbocycles. The summed E-state index contributed by atoms with van der Waals surface area (Å²) in [5.41, 5.74) is 0. The molecular formula is C10H17N3O3S. The molecule has 0 aliphatic heterocycles. The van der Waals surface area contributed by atoms with E-state index in [1.807, 2.05) is 0 Å². The second-order valence-electron chi connectivity index (χ2n) is 3.42. The summed E-state index contributed by atoms with van der Waals surface area (Å²) in [6.45, 7) is 6.37. The molecule has 0 aliphatic rings. The number of aryl methyl sites for hydroxylation is 1. The molecule has 1 aromatic heterocycles. The molecule has 1 rings (SSSR count). The Hall–Kier alpha value is -1.18. The van der Waals surface area contributed by atoms with Crippen molar-refractivity contribution in [2.45, 2.75) is 18.4 Å². The number of imidazole rings is 1. The van der Waals surface area contributed by atoms with Gasteiger partial charge in [-0.3, -0.25) is 0 Å². The Labute approximate surface area is 101 Å². The molecule has 1 heterocycles. The van der Waals surface area contributed by atoms with Gasteiger partial charge in [-0.1, -0.05) is 6.08 Å². The maximum atomic E-state index is 11.7. The zero-order chi connectivity index (χ0) is 12.7. The molecule has 0 fully saturated rings. The minimum atomic E-state index is -3.50. The fourth-order valence-corrected chi connectivity index (χ4v) is 2.11. The van der Waals surface area contributed by atoms with E-state index in [0.717, 1.165) is 6.42 Å². The number of nitrogens with zero attached hydrogens (tertiary/aromatic N) is 1. The first-order chi connectivity index (χ1) is 8.06. The summed E-state index contributed by atoms with van der Waals surface area (Å²) in [4.78, 5) is 6.50. The second kappa shape index (κ2) is 6.53. The topological polar surface area (TPSA) is 84.1 Å². The quantitative estimate of drug-likeness (QED) is 0.528. The fourth-order valence-electron chi connectivity index (χ4n) is 1.13. The molecule has 0 amide bonds. The third-order valence-electron chi connectivity index (χ3n) is 1.97. The van der Waals surface area contributed by atoms with E-state index in [0.29, 0.717) is 19.0 Å². The zero-order valence-corrected chi connectivity index (χ0v) is 10.6. The number of ether oxygens (including phenoxy) is 1. The molecule has 0 radical (unpaired) electrons. The maximum Gasteiger partial charge on any atom is 0.257 e. The molecular weight excluding hydrogens is 242 g/mol. The minimum Gasteiger partial charge on any atom is -0.380 e. The largest absolute Gasteiger partial charge is 0.380 e. The summed E-state index contributed by atoms with van der Waals surface area (Å²) in [5.74, 6) is 0.563. The first-order valence-electron chi connectivity index (χ1n) is 5.26. The molecule has 6 nitrogen and oxygen atoms in total. The number of aromatic amines is 1. The molecule has 0 saturated heterocycles. The highest BCUT2D eigenvalue weighted by molar-refractivity contribution is 7.89. The number of hydrogen-bond donors (Lipinski definition) is 2. The van der Waals surface area contributed by atoms with E-state index in [2.05, 4.69) is 21.3 Å². The number of rotatable bonds is 8. The lowest BCUT2D eigenvalue weighted by atomic mass is 10.5. The van der Waals surface area contributed by atoms with Crippen LogP contribution in [0.5, 0.6) is 0 Å². The maximum absolute atomic E-state index is 11.7. The van der Waals surface area contributed by atoms with Crippen LogP contribution in [0, 0.1) is 6.92 Å².